The summed E-state index contributed by atoms with van der Waals surface area (Å²) in [5.74, 6) is 0.321. The van der Waals surface area contributed by atoms with Crippen molar-refractivity contribution in [2.75, 3.05) is 11.9 Å². The number of hydrogen-bond donors (Lipinski definition) is 2. The van der Waals surface area contributed by atoms with Crippen molar-refractivity contribution in [3.63, 3.8) is 0 Å². The van der Waals surface area contributed by atoms with Crippen LogP contribution in [0.3, 0.4) is 0 Å². The van der Waals surface area contributed by atoms with E-state index in [4.69, 9.17) is 34.3 Å². The molecular weight excluding hydrogens is 320 g/mol. The van der Waals surface area contributed by atoms with E-state index in [-0.39, 0.29) is 17.5 Å². The van der Waals surface area contributed by atoms with E-state index in [9.17, 15) is 4.79 Å². The van der Waals surface area contributed by atoms with Gasteiger partial charge in [-0.25, -0.2) is 0 Å². The summed E-state index contributed by atoms with van der Waals surface area (Å²) >= 11 is 10.8. The van der Waals surface area contributed by atoms with Gasteiger partial charge in [-0.2, -0.15) is 0 Å². The Hall–Kier alpha value is -2.11. The van der Waals surface area contributed by atoms with Gasteiger partial charge < -0.3 is 15.8 Å². The summed E-state index contributed by atoms with van der Waals surface area (Å²) in [6.07, 6.45) is 0. The van der Waals surface area contributed by atoms with Crippen LogP contribution in [0.2, 0.25) is 5.02 Å². The third kappa shape index (κ3) is 4.44. The molecule has 0 atom stereocenters. The maximum Gasteiger partial charge on any atom is 0.262 e. The Kier molecular flexibility index (Phi) is 5.35. The lowest BCUT2D eigenvalue weighted by molar-refractivity contribution is -0.118. The predicted molar refractivity (Wildman–Crippen MR) is 92.6 cm³/mol. The van der Waals surface area contributed by atoms with Gasteiger partial charge in [0.1, 0.15) is 10.7 Å². The largest absolute Gasteiger partial charge is 0.484 e. The first-order valence-corrected chi connectivity index (χ1v) is 7.33. The Balaban J connectivity index is 1.94. The van der Waals surface area contributed by atoms with Crippen LogP contribution in [0.5, 0.6) is 5.75 Å². The minimum absolute atomic E-state index is 0.0988. The molecule has 2 aromatic rings. The third-order valence-electron chi connectivity index (χ3n) is 2.93. The number of nitrogens with one attached hydrogen (secondary N) is 1. The maximum absolute atomic E-state index is 11.9. The number of aryl methyl sites for hydroxylation is 1. The van der Waals surface area contributed by atoms with Gasteiger partial charge in [-0.05, 0) is 42.8 Å². The van der Waals surface area contributed by atoms with E-state index in [0.29, 0.717) is 22.0 Å². The fourth-order valence-electron chi connectivity index (χ4n) is 1.80. The van der Waals surface area contributed by atoms with Gasteiger partial charge in [-0.1, -0.05) is 36.0 Å². The first-order chi connectivity index (χ1) is 10.5. The molecule has 0 spiro atoms. The van der Waals surface area contributed by atoms with Crippen LogP contribution >= 0.6 is 23.8 Å². The van der Waals surface area contributed by atoms with Gasteiger partial charge in [0, 0.05) is 16.3 Å². The third-order valence-corrected chi connectivity index (χ3v) is 3.59. The lowest BCUT2D eigenvalue weighted by Gasteiger charge is -2.09. The molecule has 22 heavy (non-hydrogen) atoms. The van der Waals surface area contributed by atoms with Crippen molar-refractivity contribution in [3.05, 3.63) is 58.6 Å². The second kappa shape index (κ2) is 7.24. The molecule has 2 rings (SSSR count). The van der Waals surface area contributed by atoms with Crippen LogP contribution in [0.4, 0.5) is 5.69 Å². The predicted octanol–water partition coefficient (Wildman–Crippen LogP) is 3.30. The zero-order valence-corrected chi connectivity index (χ0v) is 13.5. The molecule has 0 aliphatic rings. The second-order valence-corrected chi connectivity index (χ2v) is 5.54. The number of rotatable bonds is 5. The van der Waals surface area contributed by atoms with Crippen molar-refractivity contribution in [3.8, 4) is 5.75 Å². The average Bonchev–Trinajstić information content (AvgIpc) is 2.49. The quantitative estimate of drug-likeness (QED) is 0.823. The second-order valence-electron chi connectivity index (χ2n) is 4.69. The Morgan fingerprint density at radius 2 is 2.09 bits per heavy atom. The number of benzene rings is 2. The highest BCUT2D eigenvalue weighted by Crippen LogP contribution is 2.21. The summed E-state index contributed by atoms with van der Waals surface area (Å²) in [6, 6.07) is 12.3. The van der Waals surface area contributed by atoms with Gasteiger partial charge in [0.15, 0.2) is 6.61 Å². The Morgan fingerprint density at radius 1 is 1.32 bits per heavy atom. The van der Waals surface area contributed by atoms with Crippen LogP contribution in [-0.4, -0.2) is 17.5 Å². The number of hydrogen-bond acceptors (Lipinski definition) is 3. The smallest absolute Gasteiger partial charge is 0.262 e. The fourth-order valence-corrected chi connectivity index (χ4v) is 2.05. The lowest BCUT2D eigenvalue weighted by Crippen LogP contribution is -2.20. The zero-order valence-electron chi connectivity index (χ0n) is 11.9. The van der Waals surface area contributed by atoms with Gasteiger partial charge in [0.25, 0.3) is 5.91 Å². The molecule has 0 saturated carbocycles. The molecule has 6 heteroatoms. The van der Waals surface area contributed by atoms with Crippen molar-refractivity contribution in [2.45, 2.75) is 6.92 Å². The van der Waals surface area contributed by atoms with Crippen LogP contribution < -0.4 is 15.8 Å². The SMILES string of the molecule is Cc1cc(OCC(=O)Nc2cccc(C(N)=S)c2)ccc1Cl. The molecular formula is C16H15ClN2O2S. The molecule has 0 aliphatic carbocycles. The lowest BCUT2D eigenvalue weighted by atomic mass is 10.2. The van der Waals surface area contributed by atoms with Gasteiger partial charge in [0.2, 0.25) is 0 Å². The maximum atomic E-state index is 11.9. The number of ether oxygens (including phenoxy) is 1. The number of nitrogens with two attached hydrogens (primary N) is 1. The number of carbonyl (C=O) groups is 1. The van der Waals surface area contributed by atoms with Crippen molar-refractivity contribution in [2.24, 2.45) is 5.73 Å². The summed E-state index contributed by atoms with van der Waals surface area (Å²) in [7, 11) is 0. The van der Waals surface area contributed by atoms with E-state index < -0.39 is 0 Å². The van der Waals surface area contributed by atoms with Crippen LogP contribution in [0.25, 0.3) is 0 Å². The number of thiocarbonyl (C=S) groups is 1. The molecule has 114 valence electrons. The Bertz CT molecular complexity index is 719. The first-order valence-electron chi connectivity index (χ1n) is 6.54. The number of anilines is 1. The van der Waals surface area contributed by atoms with Gasteiger partial charge in [-0.15, -0.1) is 0 Å². The van der Waals surface area contributed by atoms with Crippen LogP contribution in [-0.2, 0) is 4.79 Å². The molecule has 1 amide bonds. The summed E-state index contributed by atoms with van der Waals surface area (Å²) in [6.45, 7) is 1.77. The van der Waals surface area contributed by atoms with Gasteiger partial charge in [-0.3, -0.25) is 4.79 Å². The molecule has 2 aromatic carbocycles. The number of amides is 1. The van der Waals surface area contributed by atoms with E-state index in [1.54, 1.807) is 42.5 Å². The first kappa shape index (κ1) is 16.3. The summed E-state index contributed by atoms with van der Waals surface area (Å²) in [5, 5.41) is 3.39. The fraction of sp³-hybridized carbons (Fsp3) is 0.125. The van der Waals surface area contributed by atoms with Crippen LogP contribution in [0, 0.1) is 6.92 Å². The minimum Gasteiger partial charge on any atom is -0.484 e. The number of carbonyl (C=O) groups excluding carboxylic acids is 1. The molecule has 0 fully saturated rings. The van der Waals surface area contributed by atoms with E-state index in [2.05, 4.69) is 5.32 Å². The van der Waals surface area contributed by atoms with E-state index >= 15 is 0 Å². The summed E-state index contributed by atoms with van der Waals surface area (Å²) in [5.41, 5.74) is 7.76. The summed E-state index contributed by atoms with van der Waals surface area (Å²) < 4.78 is 5.43. The molecule has 0 aromatic heterocycles. The van der Waals surface area contributed by atoms with Crippen molar-refractivity contribution < 1.29 is 9.53 Å². The molecule has 0 aliphatic heterocycles. The topological polar surface area (TPSA) is 64.3 Å². The van der Waals surface area contributed by atoms with Crippen LogP contribution in [0.15, 0.2) is 42.5 Å². The Morgan fingerprint density at radius 3 is 2.77 bits per heavy atom. The summed E-state index contributed by atoms with van der Waals surface area (Å²) in [4.78, 5) is 12.2. The minimum atomic E-state index is -0.271. The van der Waals surface area contributed by atoms with Crippen molar-refractivity contribution in [1.82, 2.24) is 0 Å². The van der Waals surface area contributed by atoms with Gasteiger partial charge in [0.05, 0.1) is 0 Å². The number of halogens is 1. The van der Waals surface area contributed by atoms with Gasteiger partial charge >= 0.3 is 0 Å². The highest BCUT2D eigenvalue weighted by molar-refractivity contribution is 7.80. The molecule has 0 saturated heterocycles. The standard InChI is InChI=1S/C16H15ClN2O2S/c1-10-7-13(5-6-14(10)17)21-9-15(20)19-12-4-2-3-11(8-12)16(18)22/h2-8H,9H2,1H3,(H2,18,22)(H,19,20). The van der Waals surface area contributed by atoms with Crippen molar-refractivity contribution in [1.29, 1.82) is 0 Å². The van der Waals surface area contributed by atoms with Crippen LogP contribution in [0.1, 0.15) is 11.1 Å². The molecule has 0 unspecified atom stereocenters. The normalized spacial score (nSPS) is 10.1. The molecule has 0 heterocycles. The Labute approximate surface area is 139 Å². The molecule has 4 nitrogen and oxygen atoms in total. The highest BCUT2D eigenvalue weighted by Gasteiger charge is 2.06. The van der Waals surface area contributed by atoms with E-state index in [1.807, 2.05) is 6.92 Å². The van der Waals surface area contributed by atoms with E-state index in [0.717, 1.165) is 5.56 Å². The van der Waals surface area contributed by atoms with E-state index in [1.165, 1.54) is 0 Å². The molecule has 0 bridgehead atoms. The highest BCUT2D eigenvalue weighted by atomic mass is 35.5. The molecule has 3 N–H and O–H groups in total. The molecule has 0 radical (unpaired) electrons. The monoisotopic (exact) mass is 334 g/mol. The zero-order chi connectivity index (χ0) is 16.1. The average molecular weight is 335 g/mol. The van der Waals surface area contributed by atoms with Crippen molar-refractivity contribution >= 4 is 40.4 Å².